The van der Waals surface area contributed by atoms with Crippen LogP contribution in [-0.4, -0.2) is 28.5 Å². The summed E-state index contributed by atoms with van der Waals surface area (Å²) in [6.45, 7) is 5.52. The molecule has 1 amide bonds. The molecule has 1 aromatic carbocycles. The van der Waals surface area contributed by atoms with Crippen LogP contribution in [0.2, 0.25) is 0 Å². The Kier molecular flexibility index (Phi) is 4.35. The smallest absolute Gasteiger partial charge is 0.405 e. The Morgan fingerprint density at radius 2 is 1.78 bits per heavy atom. The molecule has 3 N–H and O–H groups in total. The Bertz CT molecular complexity index is 397. The van der Waals surface area contributed by atoms with E-state index in [1.165, 1.54) is 0 Å². The van der Waals surface area contributed by atoms with Crippen LogP contribution in [0.1, 0.15) is 26.3 Å². The number of amides is 1. The lowest BCUT2D eigenvalue weighted by Gasteiger charge is -2.43. The first-order chi connectivity index (χ1) is 8.31. The van der Waals surface area contributed by atoms with Crippen molar-refractivity contribution in [1.82, 2.24) is 5.32 Å². The van der Waals surface area contributed by atoms with Gasteiger partial charge in [-0.25, -0.2) is 4.79 Å². The number of hydrogen-bond acceptors (Lipinski definition) is 2. The van der Waals surface area contributed by atoms with Gasteiger partial charge in [-0.05, 0) is 17.4 Å². The molecule has 0 aliphatic heterocycles. The lowest BCUT2D eigenvalue weighted by molar-refractivity contribution is 0.0586. The molecule has 1 rings (SSSR count). The zero-order valence-electron chi connectivity index (χ0n) is 11.1. The summed E-state index contributed by atoms with van der Waals surface area (Å²) in [5.74, 6) is 0. The maximum Gasteiger partial charge on any atom is 0.405 e. The lowest BCUT2D eigenvalue weighted by atomic mass is 9.70. The van der Waals surface area contributed by atoms with E-state index in [-0.39, 0.29) is 6.61 Å². The molecule has 0 aromatic heterocycles. The average molecular weight is 251 g/mol. The summed E-state index contributed by atoms with van der Waals surface area (Å²) in [6.07, 6.45) is -0.657. The number of hydrogen-bond donors (Lipinski definition) is 3. The monoisotopic (exact) mass is 251 g/mol. The quantitative estimate of drug-likeness (QED) is 0.769. The Hall–Kier alpha value is -1.55. The molecule has 4 nitrogen and oxygen atoms in total. The number of aliphatic hydroxyl groups excluding tert-OH is 1. The van der Waals surface area contributed by atoms with E-state index in [1.54, 1.807) is 0 Å². The van der Waals surface area contributed by atoms with Gasteiger partial charge in [0.05, 0.1) is 12.1 Å². The number of benzene rings is 1. The highest BCUT2D eigenvalue weighted by molar-refractivity contribution is 5.66. The summed E-state index contributed by atoms with van der Waals surface area (Å²) in [7, 11) is 0. The molecule has 4 heteroatoms. The van der Waals surface area contributed by atoms with Gasteiger partial charge in [-0.2, -0.15) is 0 Å². The molecule has 1 atom stereocenters. The molecule has 0 saturated carbocycles. The molecule has 0 fully saturated rings. The van der Waals surface area contributed by atoms with E-state index in [0.717, 1.165) is 5.56 Å². The fourth-order valence-corrected chi connectivity index (χ4v) is 1.98. The molecule has 0 heterocycles. The average Bonchev–Trinajstić information content (AvgIpc) is 2.27. The first-order valence-corrected chi connectivity index (χ1v) is 5.97. The zero-order chi connectivity index (χ0) is 13.8. The van der Waals surface area contributed by atoms with Crippen molar-refractivity contribution in [2.24, 2.45) is 5.41 Å². The van der Waals surface area contributed by atoms with Crippen LogP contribution in [0.15, 0.2) is 30.3 Å². The Morgan fingerprint density at radius 1 is 1.22 bits per heavy atom. The Labute approximate surface area is 108 Å². The highest BCUT2D eigenvalue weighted by Gasteiger charge is 2.42. The molecule has 0 aliphatic rings. The van der Waals surface area contributed by atoms with E-state index in [2.05, 4.69) is 5.32 Å². The molecular weight excluding hydrogens is 230 g/mol. The Balaban J connectivity index is 3.07. The normalized spacial score (nSPS) is 14.9. The number of rotatable bonds is 4. The fourth-order valence-electron chi connectivity index (χ4n) is 1.98. The van der Waals surface area contributed by atoms with Gasteiger partial charge in [0.25, 0.3) is 0 Å². The molecule has 0 bridgehead atoms. The van der Waals surface area contributed by atoms with Crippen LogP contribution in [0.4, 0.5) is 4.79 Å². The number of nitrogens with one attached hydrogen (secondary N) is 1. The van der Waals surface area contributed by atoms with Crippen LogP contribution in [0.25, 0.3) is 0 Å². The second-order valence-electron chi connectivity index (χ2n) is 5.58. The molecule has 1 aromatic rings. The Morgan fingerprint density at radius 3 is 2.17 bits per heavy atom. The molecule has 0 saturated heterocycles. The first kappa shape index (κ1) is 14.5. The van der Waals surface area contributed by atoms with Crippen LogP contribution in [0.3, 0.4) is 0 Å². The number of aliphatic hydroxyl groups is 1. The maximum absolute atomic E-state index is 11.0. The van der Waals surface area contributed by atoms with Crippen molar-refractivity contribution in [3.05, 3.63) is 35.9 Å². The standard InChI is InChI=1S/C14H21NO3/c1-13(2,3)14(10-16,15-12(17)18)9-11-7-5-4-6-8-11/h4-8,15-16H,9-10H2,1-3H3,(H,17,18)/t14-/m0/s1. The summed E-state index contributed by atoms with van der Waals surface area (Å²) in [4.78, 5) is 11.0. The highest BCUT2D eigenvalue weighted by atomic mass is 16.4. The number of carboxylic acid groups (broad SMARTS) is 1. The summed E-state index contributed by atoms with van der Waals surface area (Å²) >= 11 is 0. The lowest BCUT2D eigenvalue weighted by Crippen LogP contribution is -2.60. The maximum atomic E-state index is 11.0. The van der Waals surface area contributed by atoms with Gasteiger partial charge < -0.3 is 15.5 Å². The zero-order valence-corrected chi connectivity index (χ0v) is 11.1. The van der Waals surface area contributed by atoms with Crippen LogP contribution >= 0.6 is 0 Å². The van der Waals surface area contributed by atoms with Gasteiger partial charge in [-0.3, -0.25) is 0 Å². The predicted octanol–water partition coefficient (Wildman–Crippen LogP) is 2.27. The van der Waals surface area contributed by atoms with Gasteiger partial charge in [0.2, 0.25) is 0 Å². The van der Waals surface area contributed by atoms with E-state index in [1.807, 2.05) is 51.1 Å². The van der Waals surface area contributed by atoms with Gasteiger partial charge in [0, 0.05) is 0 Å². The minimum Gasteiger partial charge on any atom is -0.465 e. The van der Waals surface area contributed by atoms with Gasteiger partial charge in [-0.15, -0.1) is 0 Å². The molecule has 0 radical (unpaired) electrons. The van der Waals surface area contributed by atoms with Crippen molar-refractivity contribution in [1.29, 1.82) is 0 Å². The van der Waals surface area contributed by atoms with Gasteiger partial charge in [0.1, 0.15) is 0 Å². The SMILES string of the molecule is CC(C)(C)[C@@](CO)(Cc1ccccc1)NC(=O)O. The number of carbonyl (C=O) groups is 1. The predicted molar refractivity (Wildman–Crippen MR) is 70.6 cm³/mol. The van der Waals surface area contributed by atoms with Crippen LogP contribution < -0.4 is 5.32 Å². The topological polar surface area (TPSA) is 69.6 Å². The molecule has 0 aliphatic carbocycles. The van der Waals surface area contributed by atoms with Crippen molar-refractivity contribution >= 4 is 6.09 Å². The van der Waals surface area contributed by atoms with Gasteiger partial charge in [0.15, 0.2) is 0 Å². The van der Waals surface area contributed by atoms with Crippen LogP contribution in [-0.2, 0) is 6.42 Å². The van der Waals surface area contributed by atoms with E-state index < -0.39 is 17.0 Å². The molecule has 18 heavy (non-hydrogen) atoms. The largest absolute Gasteiger partial charge is 0.465 e. The summed E-state index contributed by atoms with van der Waals surface area (Å²) in [5.41, 5.74) is -0.286. The summed E-state index contributed by atoms with van der Waals surface area (Å²) in [6, 6.07) is 9.58. The molecule has 0 unspecified atom stereocenters. The fraction of sp³-hybridized carbons (Fsp3) is 0.500. The van der Waals surface area contributed by atoms with Crippen molar-refractivity contribution in [3.8, 4) is 0 Å². The van der Waals surface area contributed by atoms with Gasteiger partial charge >= 0.3 is 6.09 Å². The van der Waals surface area contributed by atoms with Crippen LogP contribution in [0, 0.1) is 5.41 Å². The third kappa shape index (κ3) is 3.23. The molecule has 0 spiro atoms. The summed E-state index contributed by atoms with van der Waals surface area (Å²) < 4.78 is 0. The van der Waals surface area contributed by atoms with Gasteiger partial charge in [-0.1, -0.05) is 51.1 Å². The van der Waals surface area contributed by atoms with E-state index >= 15 is 0 Å². The van der Waals surface area contributed by atoms with E-state index in [0.29, 0.717) is 6.42 Å². The minimum atomic E-state index is -1.12. The summed E-state index contributed by atoms with van der Waals surface area (Å²) in [5, 5.41) is 21.2. The van der Waals surface area contributed by atoms with Crippen LogP contribution in [0.5, 0.6) is 0 Å². The first-order valence-electron chi connectivity index (χ1n) is 5.97. The van der Waals surface area contributed by atoms with E-state index in [9.17, 15) is 9.90 Å². The van der Waals surface area contributed by atoms with Crippen molar-refractivity contribution in [2.45, 2.75) is 32.7 Å². The minimum absolute atomic E-state index is 0.238. The van der Waals surface area contributed by atoms with E-state index in [4.69, 9.17) is 5.11 Å². The van der Waals surface area contributed by atoms with Crippen molar-refractivity contribution < 1.29 is 15.0 Å². The second-order valence-corrected chi connectivity index (χ2v) is 5.58. The highest BCUT2D eigenvalue weighted by Crippen LogP contribution is 2.33. The molecular formula is C14H21NO3. The second kappa shape index (κ2) is 5.40. The van der Waals surface area contributed by atoms with Crippen molar-refractivity contribution in [2.75, 3.05) is 6.61 Å². The third-order valence-corrected chi connectivity index (χ3v) is 3.40. The third-order valence-electron chi connectivity index (χ3n) is 3.40. The van der Waals surface area contributed by atoms with Crippen molar-refractivity contribution in [3.63, 3.8) is 0 Å². The molecule has 100 valence electrons.